The highest BCUT2D eigenvalue weighted by molar-refractivity contribution is 5.95. The fourth-order valence-electron chi connectivity index (χ4n) is 1.68. The van der Waals surface area contributed by atoms with Crippen LogP contribution in [0.15, 0.2) is 18.2 Å². The van der Waals surface area contributed by atoms with Gasteiger partial charge in [0.05, 0.1) is 19.1 Å². The zero-order chi connectivity index (χ0) is 14.5. The molecule has 0 aromatic heterocycles. The summed E-state index contributed by atoms with van der Waals surface area (Å²) >= 11 is 0. The fourth-order valence-corrected chi connectivity index (χ4v) is 1.68. The summed E-state index contributed by atoms with van der Waals surface area (Å²) in [6, 6.07) is 5.07. The van der Waals surface area contributed by atoms with Crippen LogP contribution in [-0.2, 0) is 9.53 Å². The van der Waals surface area contributed by atoms with Crippen LogP contribution in [0, 0.1) is 0 Å². The molecular weight excluding hydrogens is 260 g/mol. The van der Waals surface area contributed by atoms with Gasteiger partial charge in [-0.2, -0.15) is 0 Å². The molecular formula is C14H18N2O4. The molecule has 1 aromatic carbocycles. The van der Waals surface area contributed by atoms with Gasteiger partial charge in [-0.1, -0.05) is 0 Å². The minimum atomic E-state index is -0.555. The molecule has 0 atom stereocenters. The standard InChI is InChI=1S/C14H18N2O4/c1-19-10-4-5-12(15)11(8-10)14(18)20-7-6-13(17)16-9-2-3-9/h4-5,8-9H,2-3,6-7,15H2,1H3,(H,16,17). The van der Waals surface area contributed by atoms with E-state index in [1.54, 1.807) is 12.1 Å². The van der Waals surface area contributed by atoms with Crippen LogP contribution in [0.5, 0.6) is 5.75 Å². The summed E-state index contributed by atoms with van der Waals surface area (Å²) in [6.45, 7) is 0.0358. The van der Waals surface area contributed by atoms with Crippen molar-refractivity contribution in [3.63, 3.8) is 0 Å². The Morgan fingerprint density at radius 1 is 1.40 bits per heavy atom. The molecule has 1 aliphatic carbocycles. The van der Waals surface area contributed by atoms with Crippen LogP contribution in [0.3, 0.4) is 0 Å². The molecule has 0 unspecified atom stereocenters. The van der Waals surface area contributed by atoms with E-state index in [1.807, 2.05) is 0 Å². The lowest BCUT2D eigenvalue weighted by Crippen LogP contribution is -2.26. The zero-order valence-corrected chi connectivity index (χ0v) is 11.3. The van der Waals surface area contributed by atoms with Gasteiger partial charge in [0, 0.05) is 11.7 Å². The van der Waals surface area contributed by atoms with Crippen LogP contribution in [0.25, 0.3) is 0 Å². The van der Waals surface area contributed by atoms with Gasteiger partial charge in [0.1, 0.15) is 12.4 Å². The quantitative estimate of drug-likeness (QED) is 0.600. The number of carbonyl (C=O) groups excluding carboxylic acids is 2. The number of nitrogens with one attached hydrogen (secondary N) is 1. The number of rotatable bonds is 6. The number of anilines is 1. The molecule has 6 heteroatoms. The molecule has 20 heavy (non-hydrogen) atoms. The molecule has 1 amide bonds. The maximum absolute atomic E-state index is 11.9. The van der Waals surface area contributed by atoms with Gasteiger partial charge in [0.2, 0.25) is 5.91 Å². The molecule has 6 nitrogen and oxygen atoms in total. The molecule has 0 spiro atoms. The molecule has 108 valence electrons. The Morgan fingerprint density at radius 3 is 2.80 bits per heavy atom. The largest absolute Gasteiger partial charge is 0.497 e. The maximum atomic E-state index is 11.9. The normalized spacial score (nSPS) is 13.7. The van der Waals surface area contributed by atoms with Gasteiger partial charge in [-0.15, -0.1) is 0 Å². The Morgan fingerprint density at radius 2 is 2.15 bits per heavy atom. The molecule has 1 aliphatic rings. The Bertz CT molecular complexity index is 512. The monoisotopic (exact) mass is 278 g/mol. The summed E-state index contributed by atoms with van der Waals surface area (Å²) in [5.74, 6) is -0.128. The molecule has 1 saturated carbocycles. The maximum Gasteiger partial charge on any atom is 0.340 e. The molecule has 0 saturated heterocycles. The van der Waals surface area contributed by atoms with E-state index in [9.17, 15) is 9.59 Å². The van der Waals surface area contributed by atoms with E-state index in [0.717, 1.165) is 12.8 Å². The number of nitrogen functional groups attached to an aromatic ring is 1. The number of carbonyl (C=O) groups is 2. The molecule has 0 heterocycles. The minimum absolute atomic E-state index is 0.0358. The molecule has 2 rings (SSSR count). The summed E-state index contributed by atoms with van der Waals surface area (Å²) in [4.78, 5) is 23.3. The van der Waals surface area contributed by atoms with Crippen LogP contribution in [0.4, 0.5) is 5.69 Å². The van der Waals surface area contributed by atoms with Gasteiger partial charge < -0.3 is 20.5 Å². The SMILES string of the molecule is COc1ccc(N)c(C(=O)OCCC(=O)NC2CC2)c1. The van der Waals surface area contributed by atoms with Crippen molar-refractivity contribution < 1.29 is 19.1 Å². The van der Waals surface area contributed by atoms with E-state index in [1.165, 1.54) is 13.2 Å². The van der Waals surface area contributed by atoms with Crippen molar-refractivity contribution in [3.8, 4) is 5.75 Å². The average molecular weight is 278 g/mol. The van der Waals surface area contributed by atoms with Crippen molar-refractivity contribution in [2.45, 2.75) is 25.3 Å². The van der Waals surface area contributed by atoms with E-state index in [4.69, 9.17) is 15.2 Å². The van der Waals surface area contributed by atoms with Gasteiger partial charge in [0.25, 0.3) is 0 Å². The lowest BCUT2D eigenvalue weighted by molar-refractivity contribution is -0.121. The molecule has 0 radical (unpaired) electrons. The third-order valence-electron chi connectivity index (χ3n) is 2.99. The number of amides is 1. The second-order valence-corrected chi connectivity index (χ2v) is 4.68. The second-order valence-electron chi connectivity index (χ2n) is 4.68. The zero-order valence-electron chi connectivity index (χ0n) is 11.3. The first-order chi connectivity index (χ1) is 9.60. The fraction of sp³-hybridized carbons (Fsp3) is 0.429. The summed E-state index contributed by atoms with van der Waals surface area (Å²) in [7, 11) is 1.50. The van der Waals surface area contributed by atoms with Gasteiger partial charge in [-0.3, -0.25) is 4.79 Å². The molecule has 1 aromatic rings. The molecule has 1 fully saturated rings. The average Bonchev–Trinajstić information content (AvgIpc) is 3.23. The smallest absolute Gasteiger partial charge is 0.340 e. The molecule has 3 N–H and O–H groups in total. The highest BCUT2D eigenvalue weighted by Gasteiger charge is 2.23. The van der Waals surface area contributed by atoms with Gasteiger partial charge in [0.15, 0.2) is 0 Å². The number of hydrogen-bond donors (Lipinski definition) is 2. The summed E-state index contributed by atoms with van der Waals surface area (Å²) < 4.78 is 10.1. The van der Waals surface area contributed by atoms with Crippen molar-refractivity contribution in [2.24, 2.45) is 0 Å². The molecule has 0 bridgehead atoms. The van der Waals surface area contributed by atoms with Crippen LogP contribution in [0.2, 0.25) is 0 Å². The number of hydrogen-bond acceptors (Lipinski definition) is 5. The highest BCUT2D eigenvalue weighted by Crippen LogP contribution is 2.20. The first-order valence-corrected chi connectivity index (χ1v) is 6.50. The first kappa shape index (κ1) is 14.2. The Hall–Kier alpha value is -2.24. The van der Waals surface area contributed by atoms with Crippen molar-refractivity contribution in [3.05, 3.63) is 23.8 Å². The Labute approximate surface area is 117 Å². The topological polar surface area (TPSA) is 90.7 Å². The number of nitrogens with two attached hydrogens (primary N) is 1. The van der Waals surface area contributed by atoms with E-state index in [0.29, 0.717) is 17.5 Å². The van der Waals surface area contributed by atoms with Crippen molar-refractivity contribution in [2.75, 3.05) is 19.5 Å². The van der Waals surface area contributed by atoms with Gasteiger partial charge >= 0.3 is 5.97 Å². The number of benzene rings is 1. The van der Waals surface area contributed by atoms with E-state index >= 15 is 0 Å². The van der Waals surface area contributed by atoms with Crippen molar-refractivity contribution >= 4 is 17.6 Å². The van der Waals surface area contributed by atoms with Crippen LogP contribution in [0.1, 0.15) is 29.6 Å². The van der Waals surface area contributed by atoms with Gasteiger partial charge in [-0.05, 0) is 31.0 Å². The third-order valence-corrected chi connectivity index (χ3v) is 2.99. The van der Waals surface area contributed by atoms with Crippen LogP contribution in [-0.4, -0.2) is 31.6 Å². The number of methoxy groups -OCH3 is 1. The van der Waals surface area contributed by atoms with Crippen LogP contribution >= 0.6 is 0 Å². The lowest BCUT2D eigenvalue weighted by atomic mass is 10.2. The van der Waals surface area contributed by atoms with Crippen molar-refractivity contribution in [1.82, 2.24) is 5.32 Å². The summed E-state index contributed by atoms with van der Waals surface area (Å²) in [5, 5.41) is 2.82. The van der Waals surface area contributed by atoms with E-state index in [2.05, 4.69) is 5.32 Å². The van der Waals surface area contributed by atoms with E-state index in [-0.39, 0.29) is 24.5 Å². The summed E-state index contributed by atoms with van der Waals surface area (Å²) in [6.07, 6.45) is 2.23. The predicted octanol–water partition coefficient (Wildman–Crippen LogP) is 1.10. The Kier molecular flexibility index (Phi) is 4.45. The molecule has 0 aliphatic heterocycles. The predicted molar refractivity (Wildman–Crippen MR) is 73.5 cm³/mol. The Balaban J connectivity index is 1.83. The lowest BCUT2D eigenvalue weighted by Gasteiger charge is -2.08. The van der Waals surface area contributed by atoms with E-state index < -0.39 is 5.97 Å². The third kappa shape index (κ3) is 3.88. The first-order valence-electron chi connectivity index (χ1n) is 6.50. The highest BCUT2D eigenvalue weighted by atomic mass is 16.5. The minimum Gasteiger partial charge on any atom is -0.497 e. The van der Waals surface area contributed by atoms with Crippen molar-refractivity contribution in [1.29, 1.82) is 0 Å². The summed E-state index contributed by atoms with van der Waals surface area (Å²) in [5.41, 5.74) is 6.28. The number of ether oxygens (including phenoxy) is 2. The number of esters is 1. The second kappa shape index (κ2) is 6.27. The van der Waals surface area contributed by atoms with Gasteiger partial charge in [-0.25, -0.2) is 4.79 Å². The van der Waals surface area contributed by atoms with Crippen LogP contribution < -0.4 is 15.8 Å².